The predicted octanol–water partition coefficient (Wildman–Crippen LogP) is 3.07. The predicted molar refractivity (Wildman–Crippen MR) is 109 cm³/mol. The van der Waals surface area contributed by atoms with Crippen LogP contribution in [-0.4, -0.2) is 36.1 Å². The summed E-state index contributed by atoms with van der Waals surface area (Å²) in [6.07, 6.45) is 5.67. The van der Waals surface area contributed by atoms with E-state index in [1.165, 1.54) is 5.56 Å². The second kappa shape index (κ2) is 10.4. The summed E-state index contributed by atoms with van der Waals surface area (Å²) in [4.78, 5) is 20.6. The summed E-state index contributed by atoms with van der Waals surface area (Å²) in [6.45, 7) is 0.857. The number of methoxy groups -OCH3 is 1. The number of amides is 1. The fourth-order valence-corrected chi connectivity index (χ4v) is 3.40. The van der Waals surface area contributed by atoms with Gasteiger partial charge in [0, 0.05) is 24.2 Å². The number of hydrogen-bond acceptors (Lipinski definition) is 6. The molecule has 0 radical (unpaired) electrons. The van der Waals surface area contributed by atoms with Crippen LogP contribution in [0.1, 0.15) is 16.3 Å². The molecule has 0 spiro atoms. The van der Waals surface area contributed by atoms with E-state index >= 15 is 0 Å². The van der Waals surface area contributed by atoms with Crippen LogP contribution in [0.25, 0.3) is 0 Å². The average Bonchev–Trinajstić information content (AvgIpc) is 3.18. The number of nitrogens with zero attached hydrogens (tertiary/aromatic N) is 2. The second-order valence-corrected chi connectivity index (χ2v) is 7.08. The molecule has 0 aliphatic rings. The number of nitrogens with one attached hydrogen (secondary N) is 1. The Labute approximate surface area is 168 Å². The van der Waals surface area contributed by atoms with E-state index in [2.05, 4.69) is 15.3 Å². The Balaban J connectivity index is 1.34. The third-order valence-corrected chi connectivity index (χ3v) is 5.03. The summed E-state index contributed by atoms with van der Waals surface area (Å²) in [5, 5.41) is 5.86. The van der Waals surface area contributed by atoms with Gasteiger partial charge in [0.25, 0.3) is 0 Å². The molecule has 3 aromatic rings. The van der Waals surface area contributed by atoms with E-state index < -0.39 is 0 Å². The van der Waals surface area contributed by atoms with Crippen molar-refractivity contribution in [1.29, 1.82) is 0 Å². The van der Waals surface area contributed by atoms with Crippen LogP contribution in [-0.2, 0) is 24.1 Å². The monoisotopic (exact) mass is 397 g/mol. The van der Waals surface area contributed by atoms with E-state index in [9.17, 15) is 4.79 Å². The lowest BCUT2D eigenvalue weighted by Gasteiger charge is -2.08. The molecular formula is C21H23N3O3S. The van der Waals surface area contributed by atoms with Gasteiger partial charge in [0.05, 0.1) is 30.8 Å². The first kappa shape index (κ1) is 19.8. The van der Waals surface area contributed by atoms with Crippen molar-refractivity contribution >= 4 is 17.2 Å². The topological polar surface area (TPSA) is 73.3 Å². The highest BCUT2D eigenvalue weighted by Gasteiger charge is 2.08. The third-order valence-electron chi connectivity index (χ3n) is 4.07. The van der Waals surface area contributed by atoms with Gasteiger partial charge < -0.3 is 14.8 Å². The number of hydrogen-bond donors (Lipinski definition) is 1. The number of carbonyl (C=O) groups is 1. The summed E-state index contributed by atoms with van der Waals surface area (Å²) in [5.41, 5.74) is 2.05. The molecule has 1 N–H and O–H groups in total. The number of aryl methyl sites for hydroxylation is 2. The van der Waals surface area contributed by atoms with Gasteiger partial charge in [0.1, 0.15) is 18.1 Å². The number of carbonyl (C=O) groups excluding carboxylic acids is 1. The fourth-order valence-electron chi connectivity index (χ4n) is 2.60. The van der Waals surface area contributed by atoms with Gasteiger partial charge in [-0.3, -0.25) is 9.78 Å². The van der Waals surface area contributed by atoms with E-state index in [4.69, 9.17) is 9.47 Å². The van der Waals surface area contributed by atoms with E-state index in [0.717, 1.165) is 35.0 Å². The standard InChI is InChI=1S/C21H23N3O3S/c1-26-18-3-5-19(6-4-18)27-13-12-23-20(25)14-17-15-28-21(24-17)7-2-16-8-10-22-11-9-16/h3-6,8-11,15H,2,7,12-14H2,1H3,(H,23,25). The quantitative estimate of drug-likeness (QED) is 0.532. The van der Waals surface area contributed by atoms with Gasteiger partial charge in [-0.2, -0.15) is 0 Å². The van der Waals surface area contributed by atoms with Crippen LogP contribution in [0.4, 0.5) is 0 Å². The molecule has 0 saturated heterocycles. The first-order valence-electron chi connectivity index (χ1n) is 9.08. The van der Waals surface area contributed by atoms with Gasteiger partial charge in [0.15, 0.2) is 0 Å². The summed E-state index contributed by atoms with van der Waals surface area (Å²) in [6, 6.07) is 11.4. The van der Waals surface area contributed by atoms with Crippen molar-refractivity contribution in [3.8, 4) is 11.5 Å². The molecule has 28 heavy (non-hydrogen) atoms. The lowest BCUT2D eigenvalue weighted by atomic mass is 10.1. The Morgan fingerprint density at radius 3 is 2.57 bits per heavy atom. The second-order valence-electron chi connectivity index (χ2n) is 6.14. The summed E-state index contributed by atoms with van der Waals surface area (Å²) in [5.74, 6) is 1.47. The number of pyridine rings is 1. The van der Waals surface area contributed by atoms with Crippen molar-refractivity contribution in [3.63, 3.8) is 0 Å². The molecule has 146 valence electrons. The van der Waals surface area contributed by atoms with E-state index in [1.807, 2.05) is 41.8 Å². The van der Waals surface area contributed by atoms with Gasteiger partial charge >= 0.3 is 0 Å². The largest absolute Gasteiger partial charge is 0.497 e. The zero-order valence-electron chi connectivity index (χ0n) is 15.8. The molecule has 0 bridgehead atoms. The number of ether oxygens (including phenoxy) is 2. The van der Waals surface area contributed by atoms with E-state index in [0.29, 0.717) is 13.2 Å². The van der Waals surface area contributed by atoms with Crippen LogP contribution in [0.15, 0.2) is 54.2 Å². The summed E-state index contributed by atoms with van der Waals surface area (Å²) >= 11 is 1.60. The zero-order chi connectivity index (χ0) is 19.6. The van der Waals surface area contributed by atoms with E-state index in [-0.39, 0.29) is 12.3 Å². The Hall–Kier alpha value is -2.93. The van der Waals surface area contributed by atoms with Crippen molar-refractivity contribution in [3.05, 3.63) is 70.4 Å². The van der Waals surface area contributed by atoms with Crippen molar-refractivity contribution in [1.82, 2.24) is 15.3 Å². The zero-order valence-corrected chi connectivity index (χ0v) is 16.6. The van der Waals surface area contributed by atoms with Gasteiger partial charge in [-0.1, -0.05) is 0 Å². The Kier molecular flexibility index (Phi) is 7.37. The smallest absolute Gasteiger partial charge is 0.226 e. The van der Waals surface area contributed by atoms with Crippen molar-refractivity contribution in [2.24, 2.45) is 0 Å². The van der Waals surface area contributed by atoms with Gasteiger partial charge in [-0.15, -0.1) is 11.3 Å². The van der Waals surface area contributed by atoms with Gasteiger partial charge in [-0.25, -0.2) is 4.98 Å². The van der Waals surface area contributed by atoms with Crippen LogP contribution in [0.5, 0.6) is 11.5 Å². The first-order valence-corrected chi connectivity index (χ1v) is 9.96. The molecule has 1 amide bonds. The normalized spacial score (nSPS) is 10.5. The van der Waals surface area contributed by atoms with Gasteiger partial charge in [0.2, 0.25) is 5.91 Å². The average molecular weight is 398 g/mol. The molecule has 0 fully saturated rings. The minimum absolute atomic E-state index is 0.0516. The van der Waals surface area contributed by atoms with Crippen LogP contribution in [0.3, 0.4) is 0 Å². The van der Waals surface area contributed by atoms with Crippen LogP contribution < -0.4 is 14.8 Å². The molecule has 0 saturated carbocycles. The van der Waals surface area contributed by atoms with Crippen molar-refractivity contribution in [2.45, 2.75) is 19.3 Å². The molecule has 1 aromatic carbocycles. The van der Waals surface area contributed by atoms with E-state index in [1.54, 1.807) is 30.8 Å². The molecule has 2 aromatic heterocycles. The highest BCUT2D eigenvalue weighted by atomic mass is 32.1. The lowest BCUT2D eigenvalue weighted by Crippen LogP contribution is -2.29. The number of aromatic nitrogens is 2. The maximum atomic E-state index is 12.1. The fraction of sp³-hybridized carbons (Fsp3) is 0.286. The highest BCUT2D eigenvalue weighted by molar-refractivity contribution is 7.09. The SMILES string of the molecule is COc1ccc(OCCNC(=O)Cc2csc(CCc3ccncc3)n2)cc1. The van der Waals surface area contributed by atoms with Crippen LogP contribution in [0.2, 0.25) is 0 Å². The molecule has 7 heteroatoms. The number of thiazole rings is 1. The third kappa shape index (κ3) is 6.35. The molecule has 3 rings (SSSR count). The lowest BCUT2D eigenvalue weighted by molar-refractivity contribution is -0.120. The molecule has 0 aliphatic heterocycles. The highest BCUT2D eigenvalue weighted by Crippen LogP contribution is 2.16. The first-order chi connectivity index (χ1) is 13.7. The molecular weight excluding hydrogens is 374 g/mol. The minimum atomic E-state index is -0.0516. The van der Waals surface area contributed by atoms with Crippen molar-refractivity contribution < 1.29 is 14.3 Å². The maximum absolute atomic E-state index is 12.1. The van der Waals surface area contributed by atoms with Crippen LogP contribution in [0, 0.1) is 0 Å². The molecule has 0 aliphatic carbocycles. The van der Waals surface area contributed by atoms with Crippen LogP contribution >= 0.6 is 11.3 Å². The Morgan fingerprint density at radius 2 is 1.82 bits per heavy atom. The number of benzene rings is 1. The maximum Gasteiger partial charge on any atom is 0.226 e. The van der Waals surface area contributed by atoms with Gasteiger partial charge in [-0.05, 0) is 48.4 Å². The summed E-state index contributed by atoms with van der Waals surface area (Å²) in [7, 11) is 1.62. The molecule has 0 unspecified atom stereocenters. The molecule has 0 atom stereocenters. The Bertz CT molecular complexity index is 866. The Morgan fingerprint density at radius 1 is 1.07 bits per heavy atom. The molecule has 6 nitrogen and oxygen atoms in total. The van der Waals surface area contributed by atoms with Crippen molar-refractivity contribution in [2.75, 3.05) is 20.3 Å². The summed E-state index contributed by atoms with van der Waals surface area (Å²) < 4.78 is 10.7. The molecule has 2 heterocycles. The number of rotatable bonds is 10. The minimum Gasteiger partial charge on any atom is -0.497 e.